The number of nitrogens with zero attached hydrogens (tertiary/aromatic N) is 4. The first-order chi connectivity index (χ1) is 10.7. The molecule has 1 heterocycles. The van der Waals surface area contributed by atoms with Gasteiger partial charge in [-0.1, -0.05) is 30.7 Å². The Labute approximate surface area is 129 Å². The molecule has 116 valence electrons. The first-order valence-corrected chi connectivity index (χ1v) is 7.87. The van der Waals surface area contributed by atoms with E-state index in [1.807, 2.05) is 24.3 Å². The second-order valence-corrected chi connectivity index (χ2v) is 5.84. The van der Waals surface area contributed by atoms with Gasteiger partial charge >= 0.3 is 0 Å². The molecule has 1 saturated carbocycles. The van der Waals surface area contributed by atoms with Crippen LogP contribution < -0.4 is 5.43 Å². The number of aromatic nitrogens is 3. The Kier molecular flexibility index (Phi) is 4.46. The van der Waals surface area contributed by atoms with E-state index < -0.39 is 0 Å². The van der Waals surface area contributed by atoms with Crippen LogP contribution >= 0.6 is 0 Å². The van der Waals surface area contributed by atoms with Crippen molar-refractivity contribution in [3.63, 3.8) is 0 Å². The van der Waals surface area contributed by atoms with E-state index in [1.165, 1.54) is 19.3 Å². The molecule has 1 atom stereocenters. The van der Waals surface area contributed by atoms with Gasteiger partial charge in [-0.3, -0.25) is 4.79 Å². The highest BCUT2D eigenvalue weighted by atomic mass is 16.2. The van der Waals surface area contributed by atoms with Crippen molar-refractivity contribution in [3.8, 4) is 0 Å². The zero-order chi connectivity index (χ0) is 15.4. The lowest BCUT2D eigenvalue weighted by Gasteiger charge is -2.19. The number of aryl methyl sites for hydroxylation is 1. The molecule has 0 spiro atoms. The van der Waals surface area contributed by atoms with Gasteiger partial charge in [-0.25, -0.2) is 10.1 Å². The topological polar surface area (TPSA) is 72.2 Å². The molecule has 1 aromatic heterocycles. The second-order valence-electron chi connectivity index (χ2n) is 5.84. The molecule has 0 saturated heterocycles. The van der Waals surface area contributed by atoms with Crippen LogP contribution in [-0.4, -0.2) is 26.6 Å². The van der Waals surface area contributed by atoms with Crippen LogP contribution in [0.3, 0.4) is 0 Å². The van der Waals surface area contributed by atoms with Gasteiger partial charge in [-0.05, 0) is 37.3 Å². The minimum absolute atomic E-state index is 0.0788. The van der Waals surface area contributed by atoms with Gasteiger partial charge in [-0.2, -0.15) is 5.10 Å². The van der Waals surface area contributed by atoms with Gasteiger partial charge in [0, 0.05) is 12.1 Å². The molecule has 1 aromatic carbocycles. The maximum absolute atomic E-state index is 11.9. The van der Waals surface area contributed by atoms with Crippen LogP contribution in [0, 0.1) is 5.92 Å². The summed E-state index contributed by atoms with van der Waals surface area (Å²) >= 11 is 0. The van der Waals surface area contributed by atoms with Crippen molar-refractivity contribution in [3.05, 3.63) is 24.3 Å². The number of rotatable bonds is 4. The number of fused-ring (bicyclic) bond motifs is 1. The highest BCUT2D eigenvalue weighted by molar-refractivity contribution is 5.88. The number of benzene rings is 1. The number of carbonyl (C=O) groups excluding carboxylic acids is 1. The number of nitrogens with one attached hydrogen (secondary N) is 1. The van der Waals surface area contributed by atoms with E-state index in [0.717, 1.165) is 23.2 Å². The Morgan fingerprint density at radius 3 is 3.14 bits per heavy atom. The first kappa shape index (κ1) is 14.7. The molecule has 2 aromatic rings. The molecule has 22 heavy (non-hydrogen) atoms. The van der Waals surface area contributed by atoms with E-state index in [-0.39, 0.29) is 5.91 Å². The molecule has 0 aliphatic heterocycles. The van der Waals surface area contributed by atoms with Crippen molar-refractivity contribution < 1.29 is 4.79 Å². The maximum atomic E-state index is 11.9. The third-order valence-corrected chi connectivity index (χ3v) is 4.18. The highest BCUT2D eigenvalue weighted by Crippen LogP contribution is 2.20. The summed E-state index contributed by atoms with van der Waals surface area (Å²) in [5.41, 5.74) is 5.59. The third-order valence-electron chi connectivity index (χ3n) is 4.18. The molecule has 1 fully saturated rings. The van der Waals surface area contributed by atoms with Gasteiger partial charge in [0.05, 0.1) is 12.1 Å². The summed E-state index contributed by atoms with van der Waals surface area (Å²) in [5.74, 6) is 0.401. The molecule has 3 rings (SSSR count). The van der Waals surface area contributed by atoms with E-state index in [1.54, 1.807) is 4.68 Å². The first-order valence-electron chi connectivity index (χ1n) is 7.87. The van der Waals surface area contributed by atoms with E-state index in [4.69, 9.17) is 0 Å². The Balaban J connectivity index is 1.55. The number of carbonyl (C=O) groups is 1. The Bertz CT molecular complexity index is 691. The molecule has 0 unspecified atom stereocenters. The number of amides is 1. The van der Waals surface area contributed by atoms with Gasteiger partial charge in [0.2, 0.25) is 5.91 Å². The predicted molar refractivity (Wildman–Crippen MR) is 85.4 cm³/mol. The average Bonchev–Trinajstić information content (AvgIpc) is 2.95. The minimum atomic E-state index is -0.0788. The summed E-state index contributed by atoms with van der Waals surface area (Å²) in [6.45, 7) is 2.68. The number of hydrazone groups is 1. The Hall–Kier alpha value is -2.24. The quantitative estimate of drug-likeness (QED) is 0.882. The lowest BCUT2D eigenvalue weighted by atomic mass is 9.89. The summed E-state index contributed by atoms with van der Waals surface area (Å²) in [4.78, 5) is 11.9. The summed E-state index contributed by atoms with van der Waals surface area (Å²) < 4.78 is 1.76. The Morgan fingerprint density at radius 2 is 2.27 bits per heavy atom. The molecule has 0 radical (unpaired) electrons. The molecule has 1 aliphatic carbocycles. The van der Waals surface area contributed by atoms with Crippen LogP contribution in [0.15, 0.2) is 29.4 Å². The molecular weight excluding hydrogens is 278 g/mol. The van der Waals surface area contributed by atoms with Gasteiger partial charge < -0.3 is 0 Å². The summed E-state index contributed by atoms with van der Waals surface area (Å²) in [6.07, 6.45) is 4.94. The van der Waals surface area contributed by atoms with Crippen molar-refractivity contribution in [2.75, 3.05) is 0 Å². The van der Waals surface area contributed by atoms with Crippen LogP contribution in [0.25, 0.3) is 11.0 Å². The summed E-state index contributed by atoms with van der Waals surface area (Å²) in [7, 11) is 0. The predicted octanol–water partition coefficient (Wildman–Crippen LogP) is 2.50. The van der Waals surface area contributed by atoms with Crippen LogP contribution in [0.1, 0.15) is 39.0 Å². The maximum Gasteiger partial charge on any atom is 0.241 e. The molecule has 1 N–H and O–H groups in total. The molecule has 0 bridgehead atoms. The lowest BCUT2D eigenvalue weighted by Crippen LogP contribution is -2.25. The monoisotopic (exact) mass is 299 g/mol. The molecule has 1 aliphatic rings. The van der Waals surface area contributed by atoms with Crippen molar-refractivity contribution in [1.82, 2.24) is 20.4 Å². The fraction of sp³-hybridized carbons (Fsp3) is 0.500. The van der Waals surface area contributed by atoms with Crippen molar-refractivity contribution in [2.45, 2.75) is 45.6 Å². The summed E-state index contributed by atoms with van der Waals surface area (Å²) in [6, 6.07) is 7.74. The van der Waals surface area contributed by atoms with Gasteiger partial charge in [-0.15, -0.1) is 5.10 Å². The SMILES string of the molecule is C[C@H]1CCCCC1=NNC(=O)CCn1nnc2ccccc21. The lowest BCUT2D eigenvalue weighted by molar-refractivity contribution is -0.121. The van der Waals surface area contributed by atoms with Crippen molar-refractivity contribution in [1.29, 1.82) is 0 Å². The van der Waals surface area contributed by atoms with Gasteiger partial charge in [0.15, 0.2) is 0 Å². The average molecular weight is 299 g/mol. The molecule has 6 heteroatoms. The largest absolute Gasteiger partial charge is 0.273 e. The van der Waals surface area contributed by atoms with Crippen molar-refractivity contribution >= 4 is 22.7 Å². The number of para-hydroxylation sites is 1. The van der Waals surface area contributed by atoms with Gasteiger partial charge in [0.25, 0.3) is 0 Å². The zero-order valence-corrected chi connectivity index (χ0v) is 12.8. The van der Waals surface area contributed by atoms with Crippen LogP contribution in [0.2, 0.25) is 0 Å². The standard InChI is InChI=1S/C16H21N5O/c1-12-6-2-3-7-13(12)17-19-16(22)10-11-21-15-9-5-4-8-14(15)18-20-21/h4-5,8-9,12H,2-3,6-7,10-11H2,1H3,(H,19,22)/t12-/m0/s1. The molecular formula is C16H21N5O. The van der Waals surface area contributed by atoms with Gasteiger partial charge in [0.1, 0.15) is 5.52 Å². The Morgan fingerprint density at radius 1 is 1.41 bits per heavy atom. The zero-order valence-electron chi connectivity index (χ0n) is 12.8. The van der Waals surface area contributed by atoms with E-state index in [0.29, 0.717) is 18.9 Å². The second kappa shape index (κ2) is 6.68. The fourth-order valence-electron chi connectivity index (χ4n) is 2.82. The van der Waals surface area contributed by atoms with E-state index in [9.17, 15) is 4.79 Å². The molecule has 6 nitrogen and oxygen atoms in total. The van der Waals surface area contributed by atoms with E-state index >= 15 is 0 Å². The minimum Gasteiger partial charge on any atom is -0.273 e. The van der Waals surface area contributed by atoms with E-state index in [2.05, 4.69) is 27.8 Å². The number of hydrogen-bond acceptors (Lipinski definition) is 4. The smallest absolute Gasteiger partial charge is 0.241 e. The van der Waals surface area contributed by atoms with Crippen LogP contribution in [0.5, 0.6) is 0 Å². The van der Waals surface area contributed by atoms with Crippen molar-refractivity contribution in [2.24, 2.45) is 11.0 Å². The highest BCUT2D eigenvalue weighted by Gasteiger charge is 2.16. The van der Waals surface area contributed by atoms with Crippen LogP contribution in [0.4, 0.5) is 0 Å². The van der Waals surface area contributed by atoms with Crippen LogP contribution in [-0.2, 0) is 11.3 Å². The third kappa shape index (κ3) is 3.32. The normalized spacial score (nSPS) is 20.4. The summed E-state index contributed by atoms with van der Waals surface area (Å²) in [5, 5.41) is 12.5. The molecule has 1 amide bonds. The number of hydrogen-bond donors (Lipinski definition) is 1. The fourth-order valence-corrected chi connectivity index (χ4v) is 2.82.